The Balaban J connectivity index is 3.51. The van der Waals surface area contributed by atoms with Crippen LogP contribution in [0.4, 0.5) is 11.4 Å². The van der Waals surface area contributed by atoms with Crippen LogP contribution in [0.3, 0.4) is 0 Å². The number of carbonyl (C=O) groups excluding carboxylic acids is 1. The summed E-state index contributed by atoms with van der Waals surface area (Å²) in [5.74, 6) is -0.433. The van der Waals surface area contributed by atoms with Gasteiger partial charge in [0.05, 0.1) is 22.2 Å². The predicted octanol–water partition coefficient (Wildman–Crippen LogP) is 1.34. The summed E-state index contributed by atoms with van der Waals surface area (Å²) in [6.45, 7) is 2.75. The van der Waals surface area contributed by atoms with E-state index in [1.807, 2.05) is 0 Å². The SMILES string of the molecule is CC(=O)Nc1cc(S(=O)(=O)[O-])cc([N+]#N)c1C. The molecule has 1 amide bonds. The third kappa shape index (κ3) is 2.99. The minimum atomic E-state index is -4.68. The van der Waals surface area contributed by atoms with Gasteiger partial charge < -0.3 is 9.87 Å². The molecule has 90 valence electrons. The van der Waals surface area contributed by atoms with Crippen molar-refractivity contribution in [3.05, 3.63) is 22.7 Å². The number of nitrogens with one attached hydrogen (secondary N) is 1. The first-order valence-electron chi connectivity index (χ1n) is 4.49. The van der Waals surface area contributed by atoms with Crippen LogP contribution in [0.5, 0.6) is 0 Å². The van der Waals surface area contributed by atoms with Gasteiger partial charge in [-0.3, -0.25) is 4.79 Å². The monoisotopic (exact) mass is 255 g/mol. The van der Waals surface area contributed by atoms with Gasteiger partial charge >= 0.3 is 5.69 Å². The van der Waals surface area contributed by atoms with Gasteiger partial charge in [-0.2, -0.15) is 0 Å². The van der Waals surface area contributed by atoms with Gasteiger partial charge in [-0.05, 0) is 13.0 Å². The Morgan fingerprint density at radius 2 is 2.06 bits per heavy atom. The standard InChI is InChI=1S/C9H9N3O4S/c1-5-8(11-6(2)13)3-7(17(14,15)16)4-9(5)12-10/h3-4H,1-2H3,(H-,11,13,14,15,16). The van der Waals surface area contributed by atoms with Crippen molar-refractivity contribution >= 4 is 27.4 Å². The molecule has 0 bridgehead atoms. The Hall–Kier alpha value is -1.98. The van der Waals surface area contributed by atoms with Crippen LogP contribution >= 0.6 is 0 Å². The average molecular weight is 255 g/mol. The number of nitrogens with zero attached hydrogens (tertiary/aromatic N) is 2. The van der Waals surface area contributed by atoms with Gasteiger partial charge in [0.15, 0.2) is 4.98 Å². The molecular formula is C9H9N3O4S. The third-order valence-corrected chi connectivity index (χ3v) is 2.87. The molecular weight excluding hydrogens is 246 g/mol. The molecule has 1 aromatic rings. The van der Waals surface area contributed by atoms with E-state index in [-0.39, 0.29) is 11.4 Å². The van der Waals surface area contributed by atoms with Crippen molar-refractivity contribution in [2.24, 2.45) is 0 Å². The van der Waals surface area contributed by atoms with Crippen LogP contribution in [-0.2, 0) is 14.9 Å². The van der Waals surface area contributed by atoms with Crippen LogP contribution in [0.1, 0.15) is 12.5 Å². The normalized spacial score (nSPS) is 10.7. The first-order valence-corrected chi connectivity index (χ1v) is 5.89. The molecule has 0 spiro atoms. The lowest BCUT2D eigenvalue weighted by Crippen LogP contribution is -2.08. The van der Waals surface area contributed by atoms with Crippen molar-refractivity contribution in [2.75, 3.05) is 5.32 Å². The molecule has 8 heteroatoms. The maximum Gasteiger partial charge on any atom is 0.391 e. The Labute approximate surface area is 97.8 Å². The molecule has 0 saturated heterocycles. The lowest BCUT2D eigenvalue weighted by atomic mass is 10.1. The van der Waals surface area contributed by atoms with Crippen LogP contribution in [0.15, 0.2) is 17.0 Å². The number of anilines is 1. The Bertz CT molecular complexity index is 616. The van der Waals surface area contributed by atoms with E-state index in [0.717, 1.165) is 12.1 Å². The first-order chi connectivity index (χ1) is 7.75. The highest BCUT2D eigenvalue weighted by Gasteiger charge is 2.19. The molecule has 0 saturated carbocycles. The number of benzene rings is 1. The molecule has 0 aliphatic carbocycles. The molecule has 1 aromatic carbocycles. The van der Waals surface area contributed by atoms with Gasteiger partial charge in [0, 0.05) is 6.92 Å². The second-order valence-electron chi connectivity index (χ2n) is 3.35. The minimum Gasteiger partial charge on any atom is -0.744 e. The molecule has 17 heavy (non-hydrogen) atoms. The number of amides is 1. The van der Waals surface area contributed by atoms with Gasteiger partial charge in [0.1, 0.15) is 10.1 Å². The maximum absolute atomic E-state index is 10.9. The summed E-state index contributed by atoms with van der Waals surface area (Å²) in [6.07, 6.45) is 0. The van der Waals surface area contributed by atoms with E-state index in [1.54, 1.807) is 0 Å². The summed E-state index contributed by atoms with van der Waals surface area (Å²) in [4.78, 5) is 13.2. The van der Waals surface area contributed by atoms with E-state index < -0.39 is 20.9 Å². The molecule has 0 radical (unpaired) electrons. The molecule has 7 nitrogen and oxygen atoms in total. The molecule has 0 atom stereocenters. The maximum atomic E-state index is 10.9. The van der Waals surface area contributed by atoms with Crippen LogP contribution in [-0.4, -0.2) is 18.9 Å². The van der Waals surface area contributed by atoms with Gasteiger partial charge in [0.25, 0.3) is 0 Å². The minimum absolute atomic E-state index is 0.0920. The first kappa shape index (κ1) is 13.1. The fraction of sp³-hybridized carbons (Fsp3) is 0.222. The van der Waals surface area contributed by atoms with Crippen LogP contribution in [0, 0.1) is 12.3 Å². The molecule has 0 aliphatic rings. The van der Waals surface area contributed by atoms with E-state index in [1.165, 1.54) is 13.8 Å². The van der Waals surface area contributed by atoms with E-state index in [2.05, 4.69) is 10.3 Å². The molecule has 1 rings (SSSR count). The summed E-state index contributed by atoms with van der Waals surface area (Å²) in [5, 5.41) is 11.0. The number of hydrogen-bond donors (Lipinski definition) is 1. The fourth-order valence-corrected chi connectivity index (χ4v) is 1.76. The van der Waals surface area contributed by atoms with Crippen molar-refractivity contribution in [1.29, 1.82) is 5.39 Å². The van der Waals surface area contributed by atoms with Crippen LogP contribution in [0.2, 0.25) is 0 Å². The molecule has 0 heterocycles. The fourth-order valence-electron chi connectivity index (χ4n) is 1.24. The predicted molar refractivity (Wildman–Crippen MR) is 58.2 cm³/mol. The molecule has 1 N–H and O–H groups in total. The highest BCUT2D eigenvalue weighted by Crippen LogP contribution is 2.30. The lowest BCUT2D eigenvalue weighted by Gasteiger charge is -2.10. The second kappa shape index (κ2) is 4.48. The Morgan fingerprint density at radius 3 is 2.47 bits per heavy atom. The number of carbonyl (C=O) groups is 1. The summed E-state index contributed by atoms with van der Waals surface area (Å²) < 4.78 is 32.6. The van der Waals surface area contributed by atoms with Crippen LogP contribution in [0.25, 0.3) is 4.98 Å². The van der Waals surface area contributed by atoms with Gasteiger partial charge in [-0.25, -0.2) is 8.42 Å². The third-order valence-electron chi connectivity index (χ3n) is 2.06. The number of hydrogen-bond acceptors (Lipinski definition) is 5. The zero-order valence-electron chi connectivity index (χ0n) is 9.09. The Kier molecular flexibility index (Phi) is 3.45. The highest BCUT2D eigenvalue weighted by molar-refractivity contribution is 7.85. The summed E-state index contributed by atoms with van der Waals surface area (Å²) in [5.41, 5.74) is 0.378. The smallest absolute Gasteiger partial charge is 0.391 e. The summed E-state index contributed by atoms with van der Waals surface area (Å²) in [7, 11) is -4.68. The summed E-state index contributed by atoms with van der Waals surface area (Å²) in [6, 6.07) is 1.96. The molecule has 0 unspecified atom stereocenters. The van der Waals surface area contributed by atoms with E-state index in [9.17, 15) is 17.8 Å². The summed E-state index contributed by atoms with van der Waals surface area (Å²) >= 11 is 0. The average Bonchev–Trinajstić information content (AvgIpc) is 2.18. The van der Waals surface area contributed by atoms with E-state index >= 15 is 0 Å². The van der Waals surface area contributed by atoms with Gasteiger partial charge in [-0.1, -0.05) is 0 Å². The largest absolute Gasteiger partial charge is 0.744 e. The number of diazo groups is 1. The van der Waals surface area contributed by atoms with Crippen molar-refractivity contribution in [1.82, 2.24) is 0 Å². The second-order valence-corrected chi connectivity index (χ2v) is 4.73. The molecule has 0 aliphatic heterocycles. The van der Waals surface area contributed by atoms with Gasteiger partial charge in [0.2, 0.25) is 11.3 Å². The van der Waals surface area contributed by atoms with Crippen LogP contribution < -0.4 is 5.32 Å². The quantitative estimate of drug-likeness (QED) is 0.632. The zero-order valence-corrected chi connectivity index (χ0v) is 9.91. The Morgan fingerprint density at radius 1 is 1.47 bits per heavy atom. The van der Waals surface area contributed by atoms with E-state index in [4.69, 9.17) is 5.39 Å². The van der Waals surface area contributed by atoms with Crippen molar-refractivity contribution in [2.45, 2.75) is 18.7 Å². The van der Waals surface area contributed by atoms with Gasteiger partial charge in [-0.15, -0.1) is 0 Å². The molecule has 0 fully saturated rings. The van der Waals surface area contributed by atoms with Crippen molar-refractivity contribution < 1.29 is 17.8 Å². The topological polar surface area (TPSA) is 114 Å². The van der Waals surface area contributed by atoms with E-state index in [0.29, 0.717) is 5.56 Å². The highest BCUT2D eigenvalue weighted by atomic mass is 32.2. The lowest BCUT2D eigenvalue weighted by molar-refractivity contribution is -0.114. The molecule has 0 aromatic heterocycles. The number of rotatable bonds is 2. The van der Waals surface area contributed by atoms with Crippen molar-refractivity contribution in [3.63, 3.8) is 0 Å². The van der Waals surface area contributed by atoms with Crippen molar-refractivity contribution in [3.8, 4) is 0 Å². The zero-order chi connectivity index (χ0) is 13.2.